The molecule has 0 radical (unpaired) electrons. The number of hydrogen-bond donors (Lipinski definition) is 0. The molecule has 2 bridgehead atoms. The van der Waals surface area contributed by atoms with Crippen LogP contribution < -0.4 is 0 Å². The van der Waals surface area contributed by atoms with E-state index < -0.39 is 0 Å². The van der Waals surface area contributed by atoms with Crippen LogP contribution in [-0.2, 0) is 4.74 Å². The summed E-state index contributed by atoms with van der Waals surface area (Å²) in [6.07, 6.45) is 7.31. The minimum absolute atomic E-state index is 0. The number of fused-ring (bicyclic) bond motifs is 5. The van der Waals surface area contributed by atoms with Crippen molar-refractivity contribution in [2.24, 2.45) is 40.9 Å². The van der Waals surface area contributed by atoms with Gasteiger partial charge in [0.1, 0.15) is 0 Å². The average molecular weight is 283 g/mol. The van der Waals surface area contributed by atoms with Gasteiger partial charge in [0.2, 0.25) is 0 Å². The summed E-state index contributed by atoms with van der Waals surface area (Å²) < 4.78 is 5.55. The third-order valence-electron chi connectivity index (χ3n) is 6.64. The van der Waals surface area contributed by atoms with Crippen molar-refractivity contribution in [3.05, 3.63) is 0 Å². The first-order chi connectivity index (χ1) is 8.60. The Labute approximate surface area is 127 Å². The summed E-state index contributed by atoms with van der Waals surface area (Å²) in [6, 6.07) is 0. The van der Waals surface area contributed by atoms with Crippen LogP contribution in [0.25, 0.3) is 0 Å². The second-order valence-electron chi connectivity index (χ2n) is 7.81. The van der Waals surface area contributed by atoms with Crippen LogP contribution in [0.1, 0.15) is 67.7 Å². The molecule has 3 aliphatic rings. The van der Waals surface area contributed by atoms with Crippen LogP contribution >= 0.6 is 0 Å². The Bertz CT molecular complexity index is 313. The van der Waals surface area contributed by atoms with Gasteiger partial charge >= 0.3 is 0 Å². The van der Waals surface area contributed by atoms with Gasteiger partial charge in [-0.2, -0.15) is 0 Å². The fraction of sp³-hybridized carbons (Fsp3) is 1.00. The molecule has 3 fully saturated rings. The lowest BCUT2D eigenvalue weighted by Crippen LogP contribution is -2.39. The maximum atomic E-state index is 5.55. The fourth-order valence-corrected chi connectivity index (χ4v) is 6.40. The van der Waals surface area contributed by atoms with E-state index in [2.05, 4.69) is 20.8 Å². The van der Waals surface area contributed by atoms with Crippen LogP contribution in [0.3, 0.4) is 0 Å². The Morgan fingerprint density at radius 3 is 2.45 bits per heavy atom. The van der Waals surface area contributed by atoms with Crippen molar-refractivity contribution in [1.82, 2.24) is 0 Å². The number of ether oxygens (including phenoxy) is 1. The zero-order chi connectivity index (χ0) is 12.9. The Kier molecular flexibility index (Phi) is 5.75. The highest BCUT2D eigenvalue weighted by molar-refractivity contribution is 5.11. The van der Waals surface area contributed by atoms with Gasteiger partial charge in [-0.05, 0) is 60.2 Å². The van der Waals surface area contributed by atoms with E-state index in [1.807, 2.05) is 7.11 Å². The van der Waals surface area contributed by atoms with Gasteiger partial charge in [-0.1, -0.05) is 48.5 Å². The lowest BCUT2D eigenvalue weighted by molar-refractivity contribution is -0.000969. The summed E-state index contributed by atoms with van der Waals surface area (Å²) in [6.45, 7) is 8.38. The summed E-state index contributed by atoms with van der Waals surface area (Å²) >= 11 is 0. The van der Waals surface area contributed by atoms with Gasteiger partial charge in [-0.25, -0.2) is 0 Å². The quantitative estimate of drug-likeness (QED) is 0.648. The normalized spacial score (nSPS) is 48.6. The van der Waals surface area contributed by atoms with E-state index >= 15 is 0 Å². The summed E-state index contributed by atoms with van der Waals surface area (Å²) in [7, 11) is 1.88. The van der Waals surface area contributed by atoms with Crippen molar-refractivity contribution in [3.8, 4) is 0 Å². The van der Waals surface area contributed by atoms with Gasteiger partial charge in [0.15, 0.2) is 0 Å². The Balaban J connectivity index is 0.000001000. The molecule has 1 heteroatoms. The molecule has 0 aromatic heterocycles. The van der Waals surface area contributed by atoms with Crippen LogP contribution in [0.4, 0.5) is 0 Å². The van der Waals surface area contributed by atoms with E-state index in [1.54, 1.807) is 0 Å². The standard InChI is InChI=1S/C17H30O.2CH4/c1-5-6-12-7-11(2)15-13-8-14(16(12)15)17(3,9-13)10-18-4;;/h11-16H,5-10H2,1-4H3;2*1H4. The second-order valence-corrected chi connectivity index (χ2v) is 7.81. The maximum Gasteiger partial charge on any atom is 0.0518 e. The predicted octanol–water partition coefficient (Wildman–Crippen LogP) is 5.64. The van der Waals surface area contributed by atoms with E-state index in [0.717, 1.165) is 42.1 Å². The Morgan fingerprint density at radius 1 is 1.15 bits per heavy atom. The minimum atomic E-state index is 0. The van der Waals surface area contributed by atoms with E-state index in [0.29, 0.717) is 5.41 Å². The zero-order valence-corrected chi connectivity index (χ0v) is 12.6. The summed E-state index contributed by atoms with van der Waals surface area (Å²) in [5.41, 5.74) is 0.497. The topological polar surface area (TPSA) is 9.23 Å². The first-order valence-corrected chi connectivity index (χ1v) is 8.09. The fourth-order valence-electron chi connectivity index (χ4n) is 6.40. The van der Waals surface area contributed by atoms with Gasteiger partial charge in [-0.15, -0.1) is 0 Å². The third-order valence-corrected chi connectivity index (χ3v) is 6.64. The predicted molar refractivity (Wildman–Crippen MR) is 88.8 cm³/mol. The first kappa shape index (κ1) is 18.0. The van der Waals surface area contributed by atoms with Crippen LogP contribution in [0, 0.1) is 40.9 Å². The molecule has 0 aromatic carbocycles. The largest absolute Gasteiger partial charge is 0.384 e. The van der Waals surface area contributed by atoms with Crippen LogP contribution in [-0.4, -0.2) is 13.7 Å². The van der Waals surface area contributed by atoms with Crippen LogP contribution in [0.2, 0.25) is 0 Å². The van der Waals surface area contributed by atoms with Gasteiger partial charge in [0.05, 0.1) is 6.61 Å². The summed E-state index contributed by atoms with van der Waals surface area (Å²) in [5.74, 6) is 6.12. The van der Waals surface area contributed by atoms with E-state index in [1.165, 1.54) is 32.1 Å². The second kappa shape index (κ2) is 6.38. The number of methoxy groups -OCH3 is 1. The molecule has 0 N–H and O–H groups in total. The highest BCUT2D eigenvalue weighted by Gasteiger charge is 2.62. The molecule has 20 heavy (non-hydrogen) atoms. The van der Waals surface area contributed by atoms with Crippen molar-refractivity contribution in [2.75, 3.05) is 13.7 Å². The molecule has 0 aliphatic heterocycles. The highest BCUT2D eigenvalue weighted by atomic mass is 16.5. The molecule has 0 heterocycles. The third kappa shape index (κ3) is 2.45. The molecular formula is C19H38O. The lowest BCUT2D eigenvalue weighted by Gasteiger charge is -2.42. The number of hydrogen-bond acceptors (Lipinski definition) is 1. The SMILES string of the molecule is C.C.CCCC1CC(C)C2C3CC(C12)C(C)(COC)C3. The maximum absolute atomic E-state index is 5.55. The molecule has 0 saturated heterocycles. The van der Waals surface area contributed by atoms with E-state index in [9.17, 15) is 0 Å². The Morgan fingerprint density at radius 2 is 1.85 bits per heavy atom. The highest BCUT2D eigenvalue weighted by Crippen LogP contribution is 2.68. The summed E-state index contributed by atoms with van der Waals surface area (Å²) in [4.78, 5) is 0. The lowest BCUT2D eigenvalue weighted by atomic mass is 9.64. The molecule has 0 amide bonds. The van der Waals surface area contributed by atoms with Crippen LogP contribution in [0.15, 0.2) is 0 Å². The molecule has 0 aromatic rings. The van der Waals surface area contributed by atoms with Crippen molar-refractivity contribution < 1.29 is 4.74 Å². The van der Waals surface area contributed by atoms with Crippen molar-refractivity contribution in [1.29, 1.82) is 0 Å². The van der Waals surface area contributed by atoms with Gasteiger partial charge in [0, 0.05) is 7.11 Å². The Hall–Kier alpha value is -0.0400. The minimum Gasteiger partial charge on any atom is -0.384 e. The molecule has 3 rings (SSSR count). The van der Waals surface area contributed by atoms with Gasteiger partial charge in [-0.3, -0.25) is 0 Å². The molecule has 120 valence electrons. The average Bonchev–Trinajstić information content (AvgIpc) is 2.91. The molecule has 3 saturated carbocycles. The van der Waals surface area contributed by atoms with Crippen LogP contribution in [0.5, 0.6) is 0 Å². The zero-order valence-electron chi connectivity index (χ0n) is 12.6. The molecular weight excluding hydrogens is 244 g/mol. The summed E-state index contributed by atoms with van der Waals surface area (Å²) in [5, 5.41) is 0. The van der Waals surface area contributed by atoms with E-state index in [-0.39, 0.29) is 14.9 Å². The molecule has 7 atom stereocenters. The van der Waals surface area contributed by atoms with Gasteiger partial charge < -0.3 is 4.74 Å². The smallest absolute Gasteiger partial charge is 0.0518 e. The first-order valence-electron chi connectivity index (χ1n) is 8.09. The number of rotatable bonds is 4. The molecule has 3 aliphatic carbocycles. The van der Waals surface area contributed by atoms with Crippen molar-refractivity contribution in [2.45, 2.75) is 67.7 Å². The van der Waals surface area contributed by atoms with Crippen molar-refractivity contribution >= 4 is 0 Å². The monoisotopic (exact) mass is 282 g/mol. The van der Waals surface area contributed by atoms with Gasteiger partial charge in [0.25, 0.3) is 0 Å². The molecule has 7 unspecified atom stereocenters. The molecule has 0 spiro atoms. The van der Waals surface area contributed by atoms with E-state index in [4.69, 9.17) is 4.74 Å². The molecule has 1 nitrogen and oxygen atoms in total. The van der Waals surface area contributed by atoms with Crippen molar-refractivity contribution in [3.63, 3.8) is 0 Å².